The van der Waals surface area contributed by atoms with Crippen LogP contribution in [0.3, 0.4) is 0 Å². The second kappa shape index (κ2) is 5.95. The molecule has 0 N–H and O–H groups in total. The molecule has 0 saturated heterocycles. The molecule has 2 rings (SSSR count). The average Bonchev–Trinajstić information content (AvgIpc) is 2.45. The number of aromatic nitrogens is 1. The highest BCUT2D eigenvalue weighted by Crippen LogP contribution is 2.11. The summed E-state index contributed by atoms with van der Waals surface area (Å²) in [5.41, 5.74) is 0.886. The summed E-state index contributed by atoms with van der Waals surface area (Å²) in [5, 5.41) is 0. The third kappa shape index (κ3) is 3.51. The smallest absolute Gasteiger partial charge is 0.415 e. The standard InChI is InChI=1S/C14H13FN2O2/c1-17(13-9-5-8-12(15)16-13)14(18)19-10-11-6-3-2-4-7-11/h2-9H,10H2,1H3. The number of halogens is 1. The summed E-state index contributed by atoms with van der Waals surface area (Å²) in [5.74, 6) is -0.432. The van der Waals surface area contributed by atoms with Gasteiger partial charge in [0.05, 0.1) is 0 Å². The highest BCUT2D eigenvalue weighted by Gasteiger charge is 2.13. The van der Waals surface area contributed by atoms with E-state index in [2.05, 4.69) is 4.98 Å². The van der Waals surface area contributed by atoms with Crippen molar-refractivity contribution in [1.29, 1.82) is 0 Å². The van der Waals surface area contributed by atoms with Crippen molar-refractivity contribution in [2.75, 3.05) is 11.9 Å². The minimum atomic E-state index is -0.639. The Morgan fingerprint density at radius 3 is 2.63 bits per heavy atom. The summed E-state index contributed by atoms with van der Waals surface area (Å²) in [6.07, 6.45) is -0.582. The van der Waals surface area contributed by atoms with E-state index in [1.807, 2.05) is 30.3 Å². The zero-order valence-corrected chi connectivity index (χ0v) is 10.4. The largest absolute Gasteiger partial charge is 0.444 e. The van der Waals surface area contributed by atoms with Crippen LogP contribution >= 0.6 is 0 Å². The van der Waals surface area contributed by atoms with Crippen molar-refractivity contribution < 1.29 is 13.9 Å². The number of hydrogen-bond donors (Lipinski definition) is 0. The Bertz CT molecular complexity index is 560. The maximum Gasteiger partial charge on any atom is 0.415 e. The Morgan fingerprint density at radius 2 is 1.95 bits per heavy atom. The molecule has 0 atom stereocenters. The van der Waals surface area contributed by atoms with Gasteiger partial charge in [-0.15, -0.1) is 0 Å². The van der Waals surface area contributed by atoms with E-state index in [1.54, 1.807) is 0 Å². The first-order valence-electron chi connectivity index (χ1n) is 5.74. The Labute approximate surface area is 110 Å². The zero-order valence-electron chi connectivity index (χ0n) is 10.4. The number of ether oxygens (including phenoxy) is 1. The molecule has 4 nitrogen and oxygen atoms in total. The second-order valence-corrected chi connectivity index (χ2v) is 3.92. The fraction of sp³-hybridized carbons (Fsp3) is 0.143. The van der Waals surface area contributed by atoms with Gasteiger partial charge in [0.2, 0.25) is 5.95 Å². The summed E-state index contributed by atoms with van der Waals surface area (Å²) in [4.78, 5) is 16.5. The normalized spacial score (nSPS) is 10.0. The molecule has 0 unspecified atom stereocenters. The van der Waals surface area contributed by atoms with Crippen LogP contribution in [0.1, 0.15) is 5.56 Å². The van der Waals surface area contributed by atoms with Crippen LogP contribution in [0.15, 0.2) is 48.5 Å². The van der Waals surface area contributed by atoms with Crippen molar-refractivity contribution in [2.24, 2.45) is 0 Å². The van der Waals surface area contributed by atoms with Gasteiger partial charge in [0.1, 0.15) is 12.4 Å². The molecule has 1 heterocycles. The molecule has 1 aromatic carbocycles. The van der Waals surface area contributed by atoms with Crippen molar-refractivity contribution in [3.8, 4) is 0 Å². The van der Waals surface area contributed by atoms with E-state index in [1.165, 1.54) is 25.2 Å². The molecule has 0 saturated carbocycles. The summed E-state index contributed by atoms with van der Waals surface area (Å²) in [6, 6.07) is 13.6. The lowest BCUT2D eigenvalue weighted by Crippen LogP contribution is -2.27. The van der Waals surface area contributed by atoms with Crippen LogP contribution in [-0.4, -0.2) is 18.1 Å². The van der Waals surface area contributed by atoms with E-state index in [9.17, 15) is 9.18 Å². The van der Waals surface area contributed by atoms with Gasteiger partial charge >= 0.3 is 6.09 Å². The zero-order chi connectivity index (χ0) is 13.7. The van der Waals surface area contributed by atoms with Crippen LogP contribution in [0.5, 0.6) is 0 Å². The Morgan fingerprint density at radius 1 is 1.21 bits per heavy atom. The molecule has 19 heavy (non-hydrogen) atoms. The van der Waals surface area contributed by atoms with Gasteiger partial charge in [-0.25, -0.2) is 9.78 Å². The lowest BCUT2D eigenvalue weighted by atomic mass is 10.2. The second-order valence-electron chi connectivity index (χ2n) is 3.92. The summed E-state index contributed by atoms with van der Waals surface area (Å²) >= 11 is 0. The fourth-order valence-corrected chi connectivity index (χ4v) is 1.49. The Kier molecular flexibility index (Phi) is 4.07. The number of nitrogens with zero attached hydrogens (tertiary/aromatic N) is 2. The molecule has 98 valence electrons. The predicted molar refractivity (Wildman–Crippen MR) is 69.2 cm³/mol. The quantitative estimate of drug-likeness (QED) is 0.797. The maximum absolute atomic E-state index is 13.0. The number of pyridine rings is 1. The van der Waals surface area contributed by atoms with Crippen LogP contribution in [0, 0.1) is 5.95 Å². The van der Waals surface area contributed by atoms with Crippen molar-refractivity contribution >= 4 is 11.9 Å². The summed E-state index contributed by atoms with van der Waals surface area (Å²) in [6.45, 7) is 0.166. The van der Waals surface area contributed by atoms with Crippen LogP contribution in [0.25, 0.3) is 0 Å². The molecule has 0 spiro atoms. The number of carbonyl (C=O) groups is 1. The highest BCUT2D eigenvalue weighted by atomic mass is 19.1. The highest BCUT2D eigenvalue weighted by molar-refractivity contribution is 5.85. The Hall–Kier alpha value is -2.43. The van der Waals surface area contributed by atoms with E-state index < -0.39 is 12.0 Å². The molecule has 1 amide bonds. The molecule has 5 heteroatoms. The van der Waals surface area contributed by atoms with E-state index in [4.69, 9.17) is 4.74 Å². The molecule has 0 aliphatic carbocycles. The van der Waals surface area contributed by atoms with Gasteiger partial charge in [-0.05, 0) is 17.7 Å². The fourth-order valence-electron chi connectivity index (χ4n) is 1.49. The Balaban J connectivity index is 1.96. The van der Waals surface area contributed by atoms with Crippen LogP contribution < -0.4 is 4.90 Å². The van der Waals surface area contributed by atoms with Crippen LogP contribution in [0.4, 0.5) is 15.0 Å². The van der Waals surface area contributed by atoms with Crippen molar-refractivity contribution in [2.45, 2.75) is 6.61 Å². The number of carbonyl (C=O) groups excluding carboxylic acids is 1. The van der Waals surface area contributed by atoms with E-state index in [0.29, 0.717) is 0 Å². The van der Waals surface area contributed by atoms with Crippen LogP contribution in [0.2, 0.25) is 0 Å². The number of hydrogen-bond acceptors (Lipinski definition) is 3. The summed E-state index contributed by atoms with van der Waals surface area (Å²) < 4.78 is 18.1. The van der Waals surface area contributed by atoms with Gasteiger partial charge in [-0.2, -0.15) is 4.39 Å². The molecular formula is C14H13FN2O2. The molecule has 0 fully saturated rings. The lowest BCUT2D eigenvalue weighted by molar-refractivity contribution is 0.148. The molecule has 2 aromatic rings. The monoisotopic (exact) mass is 260 g/mol. The van der Waals surface area contributed by atoms with Gasteiger partial charge in [-0.3, -0.25) is 4.90 Å². The number of rotatable bonds is 3. The number of amides is 1. The first kappa shape index (κ1) is 13.0. The van der Waals surface area contributed by atoms with Gasteiger partial charge < -0.3 is 4.74 Å². The molecule has 0 aliphatic heterocycles. The van der Waals surface area contributed by atoms with Gasteiger partial charge in [0.25, 0.3) is 0 Å². The number of anilines is 1. The first-order chi connectivity index (χ1) is 9.16. The predicted octanol–water partition coefficient (Wildman–Crippen LogP) is 2.99. The topological polar surface area (TPSA) is 42.4 Å². The van der Waals surface area contributed by atoms with Crippen molar-refractivity contribution in [3.05, 3.63) is 60.0 Å². The SMILES string of the molecule is CN(C(=O)OCc1ccccc1)c1cccc(F)n1. The van der Waals surface area contributed by atoms with E-state index in [0.717, 1.165) is 10.5 Å². The number of benzene rings is 1. The minimum absolute atomic E-state index is 0.166. The molecule has 0 aliphatic rings. The average molecular weight is 260 g/mol. The molecule has 0 radical (unpaired) electrons. The summed E-state index contributed by atoms with van der Waals surface area (Å²) in [7, 11) is 1.48. The first-order valence-corrected chi connectivity index (χ1v) is 5.74. The third-order valence-corrected chi connectivity index (χ3v) is 2.52. The van der Waals surface area contributed by atoms with Crippen LogP contribution in [-0.2, 0) is 11.3 Å². The minimum Gasteiger partial charge on any atom is -0.444 e. The van der Waals surface area contributed by atoms with Crippen molar-refractivity contribution in [3.63, 3.8) is 0 Å². The molecular weight excluding hydrogens is 247 g/mol. The van der Waals surface area contributed by atoms with Gasteiger partial charge in [0, 0.05) is 7.05 Å². The maximum atomic E-state index is 13.0. The third-order valence-electron chi connectivity index (χ3n) is 2.52. The molecule has 0 bridgehead atoms. The van der Waals surface area contributed by atoms with Gasteiger partial charge in [-0.1, -0.05) is 36.4 Å². The van der Waals surface area contributed by atoms with Gasteiger partial charge in [0.15, 0.2) is 0 Å². The lowest BCUT2D eigenvalue weighted by Gasteiger charge is -2.15. The van der Waals surface area contributed by atoms with E-state index >= 15 is 0 Å². The van der Waals surface area contributed by atoms with E-state index in [-0.39, 0.29) is 12.4 Å². The molecule has 1 aromatic heterocycles. The van der Waals surface area contributed by atoms with Crippen molar-refractivity contribution in [1.82, 2.24) is 4.98 Å².